The summed E-state index contributed by atoms with van der Waals surface area (Å²) in [5.74, 6) is -0.0502. The molecule has 0 aliphatic carbocycles. The fraction of sp³-hybridized carbons (Fsp3) is 0.364. The monoisotopic (exact) mass is 192 g/mol. The molecule has 0 unspecified atom stereocenters. The molecule has 1 amide bonds. The van der Waals surface area contributed by atoms with Gasteiger partial charge in [-0.1, -0.05) is 19.1 Å². The first-order valence-corrected chi connectivity index (χ1v) is 4.85. The summed E-state index contributed by atoms with van der Waals surface area (Å²) in [6, 6.07) is 7.63. The molecule has 0 saturated heterocycles. The van der Waals surface area contributed by atoms with Gasteiger partial charge in [0.25, 0.3) is 5.91 Å². The van der Waals surface area contributed by atoms with Crippen LogP contribution in [0.15, 0.2) is 24.3 Å². The van der Waals surface area contributed by atoms with Crippen LogP contribution in [0.2, 0.25) is 0 Å². The Balaban J connectivity index is 2.69. The van der Waals surface area contributed by atoms with Gasteiger partial charge in [0.1, 0.15) is 0 Å². The number of carbonyl (C=O) groups excluding carboxylic acids is 1. The van der Waals surface area contributed by atoms with E-state index in [1.807, 2.05) is 24.3 Å². The van der Waals surface area contributed by atoms with Crippen molar-refractivity contribution in [1.29, 1.82) is 0 Å². The van der Waals surface area contributed by atoms with Crippen LogP contribution in [-0.2, 0) is 6.42 Å². The molecular weight excluding hydrogens is 176 g/mol. The highest BCUT2D eigenvalue weighted by atomic mass is 16.1. The summed E-state index contributed by atoms with van der Waals surface area (Å²) in [4.78, 5) is 11.5. The molecule has 0 radical (unpaired) electrons. The van der Waals surface area contributed by atoms with Gasteiger partial charge < -0.3 is 11.1 Å². The van der Waals surface area contributed by atoms with Gasteiger partial charge in [-0.25, -0.2) is 0 Å². The first-order valence-electron chi connectivity index (χ1n) is 4.85. The Bertz CT molecular complexity index is 310. The minimum absolute atomic E-state index is 0.0502. The van der Waals surface area contributed by atoms with Gasteiger partial charge >= 0.3 is 0 Å². The van der Waals surface area contributed by atoms with Crippen LogP contribution in [0.4, 0.5) is 0 Å². The molecule has 0 fully saturated rings. The van der Waals surface area contributed by atoms with E-state index in [-0.39, 0.29) is 5.91 Å². The molecule has 3 nitrogen and oxygen atoms in total. The Hall–Kier alpha value is -1.35. The molecule has 1 rings (SSSR count). The van der Waals surface area contributed by atoms with Crippen molar-refractivity contribution in [2.75, 3.05) is 13.1 Å². The molecule has 3 heteroatoms. The molecule has 0 aliphatic heterocycles. The summed E-state index contributed by atoms with van der Waals surface area (Å²) >= 11 is 0. The van der Waals surface area contributed by atoms with Crippen molar-refractivity contribution < 1.29 is 4.79 Å². The first kappa shape index (κ1) is 10.7. The minimum Gasteiger partial charge on any atom is -0.351 e. The van der Waals surface area contributed by atoms with Crippen LogP contribution in [0.25, 0.3) is 0 Å². The van der Waals surface area contributed by atoms with E-state index < -0.39 is 0 Å². The van der Waals surface area contributed by atoms with Gasteiger partial charge in [0.15, 0.2) is 0 Å². The number of amides is 1. The summed E-state index contributed by atoms with van der Waals surface area (Å²) in [5, 5.41) is 2.74. The molecule has 1 aromatic carbocycles. The van der Waals surface area contributed by atoms with E-state index in [1.165, 1.54) is 5.56 Å². The van der Waals surface area contributed by atoms with Gasteiger partial charge in [0, 0.05) is 18.7 Å². The fourth-order valence-corrected chi connectivity index (χ4v) is 1.22. The zero-order valence-corrected chi connectivity index (χ0v) is 8.42. The molecule has 3 N–H and O–H groups in total. The lowest BCUT2D eigenvalue weighted by Gasteiger charge is -2.04. The molecule has 0 saturated carbocycles. The predicted octanol–water partition coefficient (Wildman–Crippen LogP) is 0.938. The molecule has 1 aromatic rings. The Kier molecular flexibility index (Phi) is 4.13. The van der Waals surface area contributed by atoms with Crippen LogP contribution in [0, 0.1) is 0 Å². The zero-order valence-electron chi connectivity index (χ0n) is 8.42. The maximum Gasteiger partial charge on any atom is 0.251 e. The van der Waals surface area contributed by atoms with E-state index in [9.17, 15) is 4.79 Å². The van der Waals surface area contributed by atoms with Crippen molar-refractivity contribution >= 4 is 5.91 Å². The van der Waals surface area contributed by atoms with Crippen LogP contribution in [-0.4, -0.2) is 19.0 Å². The van der Waals surface area contributed by atoms with Gasteiger partial charge in [-0.15, -0.1) is 0 Å². The molecule has 0 bridgehead atoms. The SMILES string of the molecule is CCc1cccc(C(=O)NCCN)c1. The maximum atomic E-state index is 11.5. The van der Waals surface area contributed by atoms with Crippen molar-refractivity contribution in [2.24, 2.45) is 5.73 Å². The average Bonchev–Trinajstić information content (AvgIpc) is 2.26. The first-order chi connectivity index (χ1) is 6.77. The molecule has 0 aromatic heterocycles. The summed E-state index contributed by atoms with van der Waals surface area (Å²) in [6.45, 7) is 3.06. The van der Waals surface area contributed by atoms with Crippen LogP contribution < -0.4 is 11.1 Å². The number of hydrogen-bond acceptors (Lipinski definition) is 2. The number of nitrogens with two attached hydrogens (primary N) is 1. The van der Waals surface area contributed by atoms with E-state index >= 15 is 0 Å². The smallest absolute Gasteiger partial charge is 0.251 e. The Morgan fingerprint density at radius 3 is 2.93 bits per heavy atom. The summed E-state index contributed by atoms with van der Waals surface area (Å²) < 4.78 is 0. The average molecular weight is 192 g/mol. The quantitative estimate of drug-likeness (QED) is 0.746. The van der Waals surface area contributed by atoms with Crippen molar-refractivity contribution in [2.45, 2.75) is 13.3 Å². The predicted molar refractivity (Wildman–Crippen MR) is 57.2 cm³/mol. The second kappa shape index (κ2) is 5.40. The number of hydrogen-bond donors (Lipinski definition) is 2. The van der Waals surface area contributed by atoms with Gasteiger partial charge in [-0.2, -0.15) is 0 Å². The molecule has 0 spiro atoms. The van der Waals surface area contributed by atoms with Gasteiger partial charge in [-0.05, 0) is 24.1 Å². The minimum atomic E-state index is -0.0502. The summed E-state index contributed by atoms with van der Waals surface area (Å²) in [5.41, 5.74) is 7.17. The normalized spacial score (nSPS) is 9.86. The number of benzene rings is 1. The van der Waals surface area contributed by atoms with Crippen LogP contribution in [0.5, 0.6) is 0 Å². The van der Waals surface area contributed by atoms with Gasteiger partial charge in [0.2, 0.25) is 0 Å². The van der Waals surface area contributed by atoms with E-state index in [0.29, 0.717) is 18.7 Å². The molecule has 0 aliphatic rings. The lowest BCUT2D eigenvalue weighted by Crippen LogP contribution is -2.28. The second-order valence-electron chi connectivity index (χ2n) is 3.10. The molecule has 76 valence electrons. The Labute approximate surface area is 84.3 Å². The fourth-order valence-electron chi connectivity index (χ4n) is 1.22. The summed E-state index contributed by atoms with van der Waals surface area (Å²) in [6.07, 6.45) is 0.942. The highest BCUT2D eigenvalue weighted by Crippen LogP contribution is 2.05. The number of nitrogens with one attached hydrogen (secondary N) is 1. The topological polar surface area (TPSA) is 55.1 Å². The van der Waals surface area contributed by atoms with E-state index in [0.717, 1.165) is 6.42 Å². The third-order valence-corrected chi connectivity index (χ3v) is 2.03. The number of rotatable bonds is 4. The molecule has 14 heavy (non-hydrogen) atoms. The standard InChI is InChI=1S/C11H16N2O/c1-2-9-4-3-5-10(8-9)11(14)13-7-6-12/h3-5,8H,2,6-7,12H2,1H3,(H,13,14). The van der Waals surface area contributed by atoms with Crippen molar-refractivity contribution in [3.05, 3.63) is 35.4 Å². The van der Waals surface area contributed by atoms with Crippen molar-refractivity contribution in [1.82, 2.24) is 5.32 Å². The third kappa shape index (κ3) is 2.85. The number of aryl methyl sites for hydroxylation is 1. The van der Waals surface area contributed by atoms with Gasteiger partial charge in [-0.3, -0.25) is 4.79 Å². The zero-order chi connectivity index (χ0) is 10.4. The van der Waals surface area contributed by atoms with Crippen molar-refractivity contribution in [3.63, 3.8) is 0 Å². The van der Waals surface area contributed by atoms with Crippen LogP contribution in [0.3, 0.4) is 0 Å². The maximum absolute atomic E-state index is 11.5. The van der Waals surface area contributed by atoms with E-state index in [1.54, 1.807) is 0 Å². The summed E-state index contributed by atoms with van der Waals surface area (Å²) in [7, 11) is 0. The molecule has 0 heterocycles. The molecular formula is C11H16N2O. The Morgan fingerprint density at radius 1 is 1.50 bits per heavy atom. The number of carbonyl (C=O) groups is 1. The lowest BCUT2D eigenvalue weighted by atomic mass is 10.1. The van der Waals surface area contributed by atoms with E-state index in [4.69, 9.17) is 5.73 Å². The third-order valence-electron chi connectivity index (χ3n) is 2.03. The van der Waals surface area contributed by atoms with Crippen LogP contribution in [0.1, 0.15) is 22.8 Å². The highest BCUT2D eigenvalue weighted by Gasteiger charge is 2.03. The van der Waals surface area contributed by atoms with E-state index in [2.05, 4.69) is 12.2 Å². The van der Waals surface area contributed by atoms with Gasteiger partial charge in [0.05, 0.1) is 0 Å². The lowest BCUT2D eigenvalue weighted by molar-refractivity contribution is 0.0954. The highest BCUT2D eigenvalue weighted by molar-refractivity contribution is 5.94. The molecule has 0 atom stereocenters. The second-order valence-corrected chi connectivity index (χ2v) is 3.10. The van der Waals surface area contributed by atoms with Crippen LogP contribution >= 0.6 is 0 Å². The largest absolute Gasteiger partial charge is 0.351 e. The Morgan fingerprint density at radius 2 is 2.29 bits per heavy atom. The van der Waals surface area contributed by atoms with Crippen molar-refractivity contribution in [3.8, 4) is 0 Å².